The molecule has 0 bridgehead atoms. The molecule has 0 amide bonds. The van der Waals surface area contributed by atoms with Gasteiger partial charge in [0.2, 0.25) is 0 Å². The van der Waals surface area contributed by atoms with E-state index in [-0.39, 0.29) is 5.56 Å². The number of alkyl halides is 1. The van der Waals surface area contributed by atoms with Gasteiger partial charge in [-0.1, -0.05) is 45.7 Å². The highest BCUT2D eigenvalue weighted by molar-refractivity contribution is 9.09. The lowest BCUT2D eigenvalue weighted by Gasteiger charge is -2.15. The van der Waals surface area contributed by atoms with Gasteiger partial charge in [-0.25, -0.2) is 8.78 Å². The summed E-state index contributed by atoms with van der Waals surface area (Å²) in [5.74, 6) is -1.71. The van der Waals surface area contributed by atoms with E-state index in [0.717, 1.165) is 22.8 Å². The first-order chi connectivity index (χ1) is 8.91. The first-order valence-corrected chi connectivity index (χ1v) is 7.05. The second-order valence-corrected chi connectivity index (χ2v) is 5.79. The van der Waals surface area contributed by atoms with E-state index in [1.165, 1.54) is 6.07 Å². The average Bonchev–Trinajstić information content (AvgIpc) is 2.36. The van der Waals surface area contributed by atoms with E-state index < -0.39 is 16.5 Å². The van der Waals surface area contributed by atoms with Gasteiger partial charge in [-0.05, 0) is 42.7 Å². The summed E-state index contributed by atoms with van der Waals surface area (Å²) in [7, 11) is 0. The van der Waals surface area contributed by atoms with Crippen molar-refractivity contribution in [2.75, 3.05) is 0 Å². The van der Waals surface area contributed by atoms with E-state index in [4.69, 9.17) is 11.6 Å². The fraction of sp³-hybridized carbons (Fsp3) is 0.200. The Balaban J connectivity index is 2.53. The molecule has 0 spiro atoms. The van der Waals surface area contributed by atoms with Crippen molar-refractivity contribution in [1.82, 2.24) is 0 Å². The zero-order chi connectivity index (χ0) is 14.2. The molecule has 0 aromatic heterocycles. The molecular formula is C15H12BrClF2. The van der Waals surface area contributed by atoms with Crippen LogP contribution in [0.2, 0.25) is 5.02 Å². The van der Waals surface area contributed by atoms with E-state index in [0.29, 0.717) is 5.02 Å². The zero-order valence-electron chi connectivity index (χ0n) is 10.5. The van der Waals surface area contributed by atoms with Crippen molar-refractivity contribution in [2.24, 2.45) is 0 Å². The summed E-state index contributed by atoms with van der Waals surface area (Å²) in [6, 6.07) is 7.85. The number of hydrogen-bond acceptors (Lipinski definition) is 0. The Kier molecular flexibility index (Phi) is 4.26. The number of benzene rings is 2. The van der Waals surface area contributed by atoms with Crippen molar-refractivity contribution in [1.29, 1.82) is 0 Å². The molecule has 0 fully saturated rings. The minimum absolute atomic E-state index is 0.241. The maximum absolute atomic E-state index is 13.8. The van der Waals surface area contributed by atoms with E-state index >= 15 is 0 Å². The van der Waals surface area contributed by atoms with Gasteiger partial charge < -0.3 is 0 Å². The summed E-state index contributed by atoms with van der Waals surface area (Å²) in [5.41, 5.74) is 3.09. The Labute approximate surface area is 124 Å². The fourth-order valence-corrected chi connectivity index (χ4v) is 3.07. The van der Waals surface area contributed by atoms with Crippen LogP contribution in [0.1, 0.15) is 27.1 Å². The summed E-state index contributed by atoms with van der Waals surface area (Å²) in [4.78, 5) is -0.477. The topological polar surface area (TPSA) is 0 Å². The van der Waals surface area contributed by atoms with Crippen LogP contribution in [0.3, 0.4) is 0 Å². The minimum Gasteiger partial charge on any atom is -0.204 e. The minimum atomic E-state index is -0.859. The second kappa shape index (κ2) is 5.59. The lowest BCUT2D eigenvalue weighted by atomic mass is 10.00. The Morgan fingerprint density at radius 3 is 2.37 bits per heavy atom. The van der Waals surface area contributed by atoms with Crippen LogP contribution < -0.4 is 0 Å². The quantitative estimate of drug-likeness (QED) is 0.611. The van der Waals surface area contributed by atoms with Gasteiger partial charge in [0.15, 0.2) is 11.6 Å². The third-order valence-corrected chi connectivity index (χ3v) is 4.45. The van der Waals surface area contributed by atoms with Crippen LogP contribution in [0.5, 0.6) is 0 Å². The molecule has 0 heterocycles. The number of rotatable bonds is 2. The van der Waals surface area contributed by atoms with Crippen LogP contribution in [-0.2, 0) is 0 Å². The van der Waals surface area contributed by atoms with Crippen molar-refractivity contribution >= 4 is 27.5 Å². The highest BCUT2D eigenvalue weighted by atomic mass is 79.9. The largest absolute Gasteiger partial charge is 0.204 e. The molecule has 1 unspecified atom stereocenters. The molecule has 2 rings (SSSR count). The van der Waals surface area contributed by atoms with Gasteiger partial charge >= 0.3 is 0 Å². The zero-order valence-corrected chi connectivity index (χ0v) is 12.8. The third kappa shape index (κ3) is 2.82. The first-order valence-electron chi connectivity index (χ1n) is 5.76. The van der Waals surface area contributed by atoms with Gasteiger partial charge in [-0.3, -0.25) is 0 Å². The lowest BCUT2D eigenvalue weighted by Crippen LogP contribution is -2.00. The first kappa shape index (κ1) is 14.5. The Bertz CT molecular complexity index is 626. The van der Waals surface area contributed by atoms with Crippen LogP contribution in [0.15, 0.2) is 30.3 Å². The average molecular weight is 346 g/mol. The van der Waals surface area contributed by atoms with Crippen molar-refractivity contribution in [3.8, 4) is 0 Å². The van der Waals surface area contributed by atoms with Crippen molar-refractivity contribution < 1.29 is 8.78 Å². The maximum atomic E-state index is 13.8. The van der Waals surface area contributed by atoms with Crippen molar-refractivity contribution in [3.05, 3.63) is 69.2 Å². The molecule has 1 atom stereocenters. The van der Waals surface area contributed by atoms with Gasteiger partial charge in [0.1, 0.15) is 0 Å². The van der Waals surface area contributed by atoms with Gasteiger partial charge in [0, 0.05) is 10.6 Å². The summed E-state index contributed by atoms with van der Waals surface area (Å²) >= 11 is 9.59. The van der Waals surface area contributed by atoms with Crippen LogP contribution in [0.4, 0.5) is 8.78 Å². The van der Waals surface area contributed by atoms with Crippen LogP contribution in [-0.4, -0.2) is 0 Å². The standard InChI is InChI=1S/C15H12BrClF2/c1-8-6-11(12(17)7-9(8)2)14(16)10-4-3-5-13(18)15(10)19/h3-7,14H,1-2H3. The molecule has 2 aromatic rings. The Morgan fingerprint density at radius 1 is 1.05 bits per heavy atom. The molecular weight excluding hydrogens is 334 g/mol. The predicted octanol–water partition coefficient (Wildman–Crippen LogP) is 5.72. The molecule has 0 saturated heterocycles. The molecule has 0 aliphatic rings. The molecule has 19 heavy (non-hydrogen) atoms. The third-order valence-electron chi connectivity index (χ3n) is 3.14. The van der Waals surface area contributed by atoms with Crippen LogP contribution in [0.25, 0.3) is 0 Å². The molecule has 0 saturated carbocycles. The monoisotopic (exact) mass is 344 g/mol. The number of halogens is 4. The molecule has 0 aliphatic heterocycles. The van der Waals surface area contributed by atoms with Crippen LogP contribution in [0, 0.1) is 25.5 Å². The second-order valence-electron chi connectivity index (χ2n) is 4.46. The van der Waals surface area contributed by atoms with Gasteiger partial charge in [-0.15, -0.1) is 0 Å². The smallest absolute Gasteiger partial charge is 0.163 e. The summed E-state index contributed by atoms with van der Waals surface area (Å²) in [6.45, 7) is 3.91. The Hall–Kier alpha value is -0.930. The molecule has 100 valence electrons. The SMILES string of the molecule is Cc1cc(Cl)c(C(Br)c2cccc(F)c2F)cc1C. The summed E-state index contributed by atoms with van der Waals surface area (Å²) in [5, 5.41) is 0.536. The van der Waals surface area contributed by atoms with E-state index in [9.17, 15) is 8.78 Å². The Morgan fingerprint density at radius 2 is 1.68 bits per heavy atom. The normalized spacial score (nSPS) is 12.5. The lowest BCUT2D eigenvalue weighted by molar-refractivity contribution is 0.500. The summed E-state index contributed by atoms with van der Waals surface area (Å²) in [6.07, 6.45) is 0. The van der Waals surface area contributed by atoms with E-state index in [2.05, 4.69) is 15.9 Å². The van der Waals surface area contributed by atoms with Gasteiger partial charge in [0.25, 0.3) is 0 Å². The molecule has 0 N–H and O–H groups in total. The number of aryl methyl sites for hydroxylation is 2. The maximum Gasteiger partial charge on any atom is 0.163 e. The van der Waals surface area contributed by atoms with E-state index in [1.807, 2.05) is 26.0 Å². The number of hydrogen-bond donors (Lipinski definition) is 0. The van der Waals surface area contributed by atoms with E-state index in [1.54, 1.807) is 6.07 Å². The van der Waals surface area contributed by atoms with Crippen LogP contribution >= 0.6 is 27.5 Å². The van der Waals surface area contributed by atoms with Crippen molar-refractivity contribution in [3.63, 3.8) is 0 Å². The molecule has 0 nitrogen and oxygen atoms in total. The summed E-state index contributed by atoms with van der Waals surface area (Å²) < 4.78 is 27.1. The molecule has 0 aliphatic carbocycles. The predicted molar refractivity (Wildman–Crippen MR) is 78.1 cm³/mol. The van der Waals surface area contributed by atoms with Gasteiger partial charge in [-0.2, -0.15) is 0 Å². The van der Waals surface area contributed by atoms with Crippen molar-refractivity contribution in [2.45, 2.75) is 18.7 Å². The van der Waals surface area contributed by atoms with Gasteiger partial charge in [0.05, 0.1) is 4.83 Å². The highest BCUT2D eigenvalue weighted by Crippen LogP contribution is 2.38. The molecule has 4 heteroatoms. The fourth-order valence-electron chi connectivity index (χ4n) is 1.88. The molecule has 2 aromatic carbocycles. The molecule has 0 radical (unpaired) electrons. The highest BCUT2D eigenvalue weighted by Gasteiger charge is 2.20.